The first kappa shape index (κ1) is 14.0. The average Bonchev–Trinajstić information content (AvgIpc) is 2.38. The second-order valence-corrected chi connectivity index (χ2v) is 4.88. The number of aromatic nitrogens is 2. The van der Waals surface area contributed by atoms with Crippen molar-refractivity contribution in [2.45, 2.75) is 13.3 Å². The van der Waals surface area contributed by atoms with Crippen LogP contribution in [0, 0.1) is 11.8 Å². The minimum atomic E-state index is -0.111. The maximum atomic E-state index is 12.2. The van der Waals surface area contributed by atoms with Crippen molar-refractivity contribution in [2.75, 3.05) is 25.6 Å². The average molecular weight is 286 g/mol. The highest BCUT2D eigenvalue weighted by Gasteiger charge is 2.28. The number of ether oxygens (including phenoxy) is 2. The van der Waals surface area contributed by atoms with Crippen molar-refractivity contribution in [3.63, 3.8) is 0 Å². The van der Waals surface area contributed by atoms with Crippen LogP contribution in [-0.2, 0) is 9.53 Å². The number of hydrogen-bond donors (Lipinski definition) is 1. The van der Waals surface area contributed by atoms with Gasteiger partial charge in [0, 0.05) is 25.2 Å². The van der Waals surface area contributed by atoms with Crippen LogP contribution in [0.15, 0.2) is 6.07 Å². The normalized spacial score (nSPS) is 22.9. The fourth-order valence-corrected chi connectivity index (χ4v) is 2.20. The number of amides is 1. The zero-order chi connectivity index (χ0) is 13.8. The third kappa shape index (κ3) is 3.54. The van der Waals surface area contributed by atoms with E-state index in [9.17, 15) is 4.79 Å². The van der Waals surface area contributed by atoms with Crippen LogP contribution in [0.2, 0.25) is 5.15 Å². The number of nitrogens with zero attached hydrogens (tertiary/aromatic N) is 2. The molecule has 1 aliphatic heterocycles. The van der Waals surface area contributed by atoms with E-state index < -0.39 is 0 Å². The van der Waals surface area contributed by atoms with E-state index in [-0.39, 0.29) is 28.8 Å². The lowest BCUT2D eigenvalue weighted by Gasteiger charge is -2.27. The fourth-order valence-electron chi connectivity index (χ4n) is 2.03. The zero-order valence-corrected chi connectivity index (χ0v) is 11.6. The first-order valence-electron chi connectivity index (χ1n) is 6.07. The minimum absolute atomic E-state index is 0.0951. The van der Waals surface area contributed by atoms with E-state index in [1.807, 2.05) is 6.92 Å². The van der Waals surface area contributed by atoms with Crippen LogP contribution in [0.5, 0.6) is 5.88 Å². The fraction of sp³-hybridized carbons (Fsp3) is 0.583. The molecule has 0 saturated carbocycles. The number of methoxy groups -OCH3 is 1. The third-order valence-electron chi connectivity index (χ3n) is 3.09. The summed E-state index contributed by atoms with van der Waals surface area (Å²) in [5, 5.41) is 2.90. The van der Waals surface area contributed by atoms with Crippen molar-refractivity contribution in [3.8, 4) is 5.88 Å². The van der Waals surface area contributed by atoms with E-state index in [4.69, 9.17) is 21.1 Å². The largest absolute Gasteiger partial charge is 0.481 e. The number of hydrogen-bond acceptors (Lipinski definition) is 5. The number of anilines is 1. The Labute approximate surface area is 116 Å². The summed E-state index contributed by atoms with van der Waals surface area (Å²) in [5.74, 6) is 0.445. The molecule has 1 aliphatic rings. The lowest BCUT2D eigenvalue weighted by Crippen LogP contribution is -2.35. The van der Waals surface area contributed by atoms with Crippen molar-refractivity contribution in [1.29, 1.82) is 0 Å². The molecule has 104 valence electrons. The first-order valence-corrected chi connectivity index (χ1v) is 6.45. The van der Waals surface area contributed by atoms with E-state index >= 15 is 0 Å². The first-order chi connectivity index (χ1) is 9.10. The number of carbonyl (C=O) groups excluding carboxylic acids is 1. The Balaban J connectivity index is 2.07. The molecule has 0 radical (unpaired) electrons. The molecule has 2 rings (SSSR count). The summed E-state index contributed by atoms with van der Waals surface area (Å²) in [6, 6.07) is 1.48. The van der Waals surface area contributed by atoms with Gasteiger partial charge in [0.2, 0.25) is 17.7 Å². The Morgan fingerprint density at radius 3 is 3.05 bits per heavy atom. The second-order valence-electron chi connectivity index (χ2n) is 4.49. The molecule has 2 atom stereocenters. The van der Waals surface area contributed by atoms with Crippen LogP contribution in [0.1, 0.15) is 13.3 Å². The number of nitrogens with one attached hydrogen (secondary N) is 1. The SMILES string of the molecule is COc1cc(Cl)nc(NC(=O)C2CCOCC2C)n1. The van der Waals surface area contributed by atoms with Gasteiger partial charge < -0.3 is 9.47 Å². The van der Waals surface area contributed by atoms with E-state index in [1.54, 1.807) is 0 Å². The predicted molar refractivity (Wildman–Crippen MR) is 70.3 cm³/mol. The quantitative estimate of drug-likeness (QED) is 0.857. The van der Waals surface area contributed by atoms with E-state index in [2.05, 4.69) is 15.3 Å². The number of rotatable bonds is 3. The lowest BCUT2D eigenvalue weighted by molar-refractivity contribution is -0.125. The molecule has 7 heteroatoms. The molecule has 0 spiro atoms. The highest BCUT2D eigenvalue weighted by molar-refractivity contribution is 6.29. The summed E-state index contributed by atoms with van der Waals surface area (Å²) in [4.78, 5) is 20.1. The topological polar surface area (TPSA) is 73.3 Å². The van der Waals surface area contributed by atoms with Gasteiger partial charge in [-0.05, 0) is 12.3 Å². The molecular weight excluding hydrogens is 270 g/mol. The van der Waals surface area contributed by atoms with Gasteiger partial charge in [0.05, 0.1) is 7.11 Å². The molecule has 19 heavy (non-hydrogen) atoms. The molecule has 0 aromatic carbocycles. The Morgan fingerprint density at radius 1 is 1.58 bits per heavy atom. The van der Waals surface area contributed by atoms with Crippen molar-refractivity contribution >= 4 is 23.5 Å². The summed E-state index contributed by atoms with van der Waals surface area (Å²) >= 11 is 5.82. The van der Waals surface area contributed by atoms with Gasteiger partial charge in [-0.3, -0.25) is 10.1 Å². The summed E-state index contributed by atoms with van der Waals surface area (Å²) in [6.45, 7) is 3.18. The molecule has 1 N–H and O–H groups in total. The van der Waals surface area contributed by atoms with E-state index in [0.29, 0.717) is 25.5 Å². The molecule has 1 amide bonds. The molecule has 1 aromatic heterocycles. The van der Waals surface area contributed by atoms with Crippen molar-refractivity contribution in [3.05, 3.63) is 11.2 Å². The van der Waals surface area contributed by atoms with Crippen LogP contribution in [0.4, 0.5) is 5.95 Å². The second kappa shape index (κ2) is 6.16. The standard InChI is InChI=1S/C12H16ClN3O3/c1-7-6-19-4-3-8(7)11(17)16-12-14-9(13)5-10(15-12)18-2/h5,7-8H,3-4,6H2,1-2H3,(H,14,15,16,17). The Hall–Kier alpha value is -1.40. The van der Waals surface area contributed by atoms with Crippen LogP contribution in [-0.4, -0.2) is 36.2 Å². The highest BCUT2D eigenvalue weighted by Crippen LogP contribution is 2.23. The van der Waals surface area contributed by atoms with E-state index in [1.165, 1.54) is 13.2 Å². The van der Waals surface area contributed by atoms with Crippen LogP contribution in [0.25, 0.3) is 0 Å². The van der Waals surface area contributed by atoms with Crippen LogP contribution >= 0.6 is 11.6 Å². The molecule has 1 aromatic rings. The van der Waals surface area contributed by atoms with Gasteiger partial charge in [0.1, 0.15) is 5.15 Å². The monoisotopic (exact) mass is 285 g/mol. The third-order valence-corrected chi connectivity index (χ3v) is 3.29. The van der Waals surface area contributed by atoms with Crippen LogP contribution < -0.4 is 10.1 Å². The van der Waals surface area contributed by atoms with Gasteiger partial charge in [-0.2, -0.15) is 4.98 Å². The maximum Gasteiger partial charge on any atom is 0.234 e. The molecule has 2 heterocycles. The van der Waals surface area contributed by atoms with Gasteiger partial charge in [-0.15, -0.1) is 0 Å². The molecule has 0 aliphatic carbocycles. The van der Waals surface area contributed by atoms with Crippen LogP contribution in [0.3, 0.4) is 0 Å². The number of halogens is 1. The zero-order valence-electron chi connectivity index (χ0n) is 10.9. The summed E-state index contributed by atoms with van der Waals surface area (Å²) in [7, 11) is 1.48. The van der Waals surface area contributed by atoms with Gasteiger partial charge in [-0.25, -0.2) is 4.98 Å². The molecule has 2 unspecified atom stereocenters. The van der Waals surface area contributed by atoms with Gasteiger partial charge >= 0.3 is 0 Å². The Morgan fingerprint density at radius 2 is 2.37 bits per heavy atom. The number of carbonyl (C=O) groups is 1. The molecule has 0 bridgehead atoms. The summed E-state index contributed by atoms with van der Waals surface area (Å²) < 4.78 is 10.3. The van der Waals surface area contributed by atoms with E-state index in [0.717, 1.165) is 0 Å². The molecule has 1 saturated heterocycles. The summed E-state index contributed by atoms with van der Waals surface area (Å²) in [6.07, 6.45) is 0.699. The highest BCUT2D eigenvalue weighted by atomic mass is 35.5. The Kier molecular flexibility index (Phi) is 4.55. The smallest absolute Gasteiger partial charge is 0.234 e. The van der Waals surface area contributed by atoms with Gasteiger partial charge in [-0.1, -0.05) is 18.5 Å². The summed E-state index contributed by atoms with van der Waals surface area (Å²) in [5.41, 5.74) is 0. The minimum Gasteiger partial charge on any atom is -0.481 e. The predicted octanol–water partition coefficient (Wildman–Crippen LogP) is 1.75. The van der Waals surface area contributed by atoms with Gasteiger partial charge in [0.25, 0.3) is 0 Å². The van der Waals surface area contributed by atoms with Crippen molar-refractivity contribution in [1.82, 2.24) is 9.97 Å². The molecule has 1 fully saturated rings. The van der Waals surface area contributed by atoms with Crippen molar-refractivity contribution < 1.29 is 14.3 Å². The molecule has 6 nitrogen and oxygen atoms in total. The molecular formula is C12H16ClN3O3. The maximum absolute atomic E-state index is 12.2. The lowest BCUT2D eigenvalue weighted by atomic mass is 9.89. The Bertz CT molecular complexity index is 470. The van der Waals surface area contributed by atoms with Crippen molar-refractivity contribution in [2.24, 2.45) is 11.8 Å². The van der Waals surface area contributed by atoms with Gasteiger partial charge in [0.15, 0.2) is 0 Å².